The summed E-state index contributed by atoms with van der Waals surface area (Å²) in [6, 6.07) is 14.9. The predicted octanol–water partition coefficient (Wildman–Crippen LogP) is 2.67. The molecule has 0 aliphatic carbocycles. The fraction of sp³-hybridized carbons (Fsp3) is 0.227. The first-order chi connectivity index (χ1) is 14.6. The summed E-state index contributed by atoms with van der Waals surface area (Å²) in [6.45, 7) is 1.78. The number of hydrogen-bond acceptors (Lipinski definition) is 6. The van der Waals surface area contributed by atoms with Gasteiger partial charge in [0.2, 0.25) is 0 Å². The molecule has 8 heteroatoms. The highest BCUT2D eigenvalue weighted by atomic mass is 16.5. The van der Waals surface area contributed by atoms with Crippen LogP contribution in [0.5, 0.6) is 0 Å². The zero-order chi connectivity index (χ0) is 21.3. The molecule has 1 aromatic carbocycles. The Balaban J connectivity index is 1.79. The molecule has 0 atom stereocenters. The zero-order valence-corrected chi connectivity index (χ0v) is 16.9. The maximum absolute atomic E-state index is 12.9. The lowest BCUT2D eigenvalue weighted by molar-refractivity contribution is -0.141. The number of esters is 1. The molecule has 0 unspecified atom stereocenters. The Morgan fingerprint density at radius 1 is 1.13 bits per heavy atom. The van der Waals surface area contributed by atoms with Gasteiger partial charge in [0.05, 0.1) is 12.3 Å². The second-order valence-corrected chi connectivity index (χ2v) is 6.46. The molecule has 0 spiro atoms. The highest BCUT2D eigenvalue weighted by molar-refractivity contribution is 6.43. The number of amides is 1. The van der Waals surface area contributed by atoms with Crippen LogP contribution < -0.4 is 5.32 Å². The van der Waals surface area contributed by atoms with Crippen LogP contribution in [0.2, 0.25) is 0 Å². The molecule has 8 nitrogen and oxygen atoms in total. The Kier molecular flexibility index (Phi) is 7.05. The Morgan fingerprint density at radius 3 is 2.57 bits per heavy atom. The summed E-state index contributed by atoms with van der Waals surface area (Å²) in [5.74, 6) is -0.354. The first kappa shape index (κ1) is 20.9. The van der Waals surface area contributed by atoms with E-state index in [9.17, 15) is 9.59 Å². The van der Waals surface area contributed by atoms with Crippen molar-refractivity contribution in [3.8, 4) is 11.3 Å². The lowest BCUT2D eigenvalue weighted by Gasteiger charge is -2.09. The highest BCUT2D eigenvalue weighted by Crippen LogP contribution is 2.20. The van der Waals surface area contributed by atoms with Crippen molar-refractivity contribution in [2.45, 2.75) is 13.3 Å². The molecule has 3 rings (SSSR count). The number of nitrogens with one attached hydrogen (secondary N) is 1. The number of carbonyl (C=O) groups is 2. The highest BCUT2D eigenvalue weighted by Gasteiger charge is 2.16. The molecular formula is C22H23N5O3. The molecule has 0 fully saturated rings. The minimum Gasteiger partial charge on any atom is -0.465 e. The summed E-state index contributed by atoms with van der Waals surface area (Å²) in [6.07, 6.45) is 3.66. The maximum Gasteiger partial charge on any atom is 0.327 e. The molecule has 0 radical (unpaired) electrons. The van der Waals surface area contributed by atoms with Crippen LogP contribution in [-0.2, 0) is 27.8 Å². The average molecular weight is 405 g/mol. The first-order valence-electron chi connectivity index (χ1n) is 9.55. The van der Waals surface area contributed by atoms with Crippen LogP contribution in [0.15, 0.2) is 65.9 Å². The number of nitrogens with zero attached hydrogens (tertiary/aromatic N) is 4. The molecule has 0 saturated carbocycles. The van der Waals surface area contributed by atoms with Gasteiger partial charge in [-0.1, -0.05) is 30.3 Å². The van der Waals surface area contributed by atoms with Crippen LogP contribution in [0.3, 0.4) is 0 Å². The molecule has 1 amide bonds. The molecule has 0 aliphatic heterocycles. The van der Waals surface area contributed by atoms with E-state index in [1.165, 1.54) is 0 Å². The average Bonchev–Trinajstić information content (AvgIpc) is 3.13. The fourth-order valence-corrected chi connectivity index (χ4v) is 2.80. The Labute approximate surface area is 174 Å². The fourth-order valence-electron chi connectivity index (χ4n) is 2.80. The predicted molar refractivity (Wildman–Crippen MR) is 114 cm³/mol. The van der Waals surface area contributed by atoms with E-state index in [1.54, 1.807) is 37.1 Å². The van der Waals surface area contributed by atoms with Crippen molar-refractivity contribution >= 4 is 23.4 Å². The number of rotatable bonds is 8. The van der Waals surface area contributed by atoms with E-state index in [0.717, 1.165) is 11.1 Å². The summed E-state index contributed by atoms with van der Waals surface area (Å²) < 4.78 is 6.50. The van der Waals surface area contributed by atoms with E-state index < -0.39 is 11.9 Å². The molecule has 0 aliphatic rings. The number of aryl methyl sites for hydroxylation is 1. The number of anilines is 1. The largest absolute Gasteiger partial charge is 0.465 e. The second-order valence-electron chi connectivity index (χ2n) is 6.46. The van der Waals surface area contributed by atoms with E-state index in [4.69, 9.17) is 4.74 Å². The molecular weight excluding hydrogens is 382 g/mol. The quantitative estimate of drug-likeness (QED) is 0.459. The van der Waals surface area contributed by atoms with Gasteiger partial charge in [0.15, 0.2) is 0 Å². The minimum atomic E-state index is -0.476. The third-order valence-electron chi connectivity index (χ3n) is 4.28. The third kappa shape index (κ3) is 5.60. The van der Waals surface area contributed by atoms with Crippen molar-refractivity contribution in [1.29, 1.82) is 0 Å². The summed E-state index contributed by atoms with van der Waals surface area (Å²) >= 11 is 0. The number of pyridine rings is 1. The number of benzene rings is 1. The van der Waals surface area contributed by atoms with Crippen molar-refractivity contribution in [1.82, 2.24) is 14.8 Å². The van der Waals surface area contributed by atoms with Gasteiger partial charge in [0, 0.05) is 37.5 Å². The monoisotopic (exact) mass is 405 g/mol. The van der Waals surface area contributed by atoms with Crippen molar-refractivity contribution < 1.29 is 14.3 Å². The van der Waals surface area contributed by atoms with Crippen LogP contribution in [0.25, 0.3) is 11.3 Å². The number of aliphatic imine (C=N–C) groups is 1. The lowest BCUT2D eigenvalue weighted by Crippen LogP contribution is -2.27. The SMILES string of the molecule is CCOC(=O)CN=C(Cc1ccccc1)C(=O)Nc1cc(-c2ccncc2)nn1C. The van der Waals surface area contributed by atoms with Gasteiger partial charge in [0.25, 0.3) is 5.91 Å². The molecule has 154 valence electrons. The number of aromatic nitrogens is 3. The van der Waals surface area contributed by atoms with Gasteiger partial charge < -0.3 is 10.1 Å². The van der Waals surface area contributed by atoms with Gasteiger partial charge >= 0.3 is 5.97 Å². The number of carbonyl (C=O) groups excluding carboxylic acids is 2. The summed E-state index contributed by atoms with van der Waals surface area (Å²) in [5, 5.41) is 7.28. The van der Waals surface area contributed by atoms with Gasteiger partial charge in [-0.3, -0.25) is 24.2 Å². The molecule has 30 heavy (non-hydrogen) atoms. The molecule has 1 N–H and O–H groups in total. The molecule has 2 aromatic heterocycles. The summed E-state index contributed by atoms with van der Waals surface area (Å²) in [4.78, 5) is 32.9. The van der Waals surface area contributed by atoms with Crippen molar-refractivity contribution in [2.75, 3.05) is 18.5 Å². The molecule has 3 aromatic rings. The van der Waals surface area contributed by atoms with E-state index >= 15 is 0 Å². The van der Waals surface area contributed by atoms with Crippen LogP contribution in [-0.4, -0.2) is 45.5 Å². The molecule has 2 heterocycles. The topological polar surface area (TPSA) is 98.5 Å². The van der Waals surface area contributed by atoms with E-state index in [2.05, 4.69) is 20.4 Å². The zero-order valence-electron chi connectivity index (χ0n) is 16.9. The molecule has 0 bridgehead atoms. The van der Waals surface area contributed by atoms with E-state index in [1.807, 2.05) is 42.5 Å². The van der Waals surface area contributed by atoms with Crippen molar-refractivity contribution in [3.63, 3.8) is 0 Å². The lowest BCUT2D eigenvalue weighted by atomic mass is 10.1. The van der Waals surface area contributed by atoms with Gasteiger partial charge in [-0.15, -0.1) is 0 Å². The van der Waals surface area contributed by atoms with Crippen LogP contribution in [0.1, 0.15) is 12.5 Å². The van der Waals surface area contributed by atoms with Gasteiger partial charge in [0.1, 0.15) is 18.1 Å². The van der Waals surface area contributed by atoms with E-state index in [-0.39, 0.29) is 18.9 Å². The molecule has 0 saturated heterocycles. The standard InChI is InChI=1S/C22H23N5O3/c1-3-30-21(28)15-24-19(13-16-7-5-4-6-8-16)22(29)25-20-14-18(26-27(20)2)17-9-11-23-12-10-17/h4-12,14H,3,13,15H2,1-2H3,(H,25,29). The van der Waals surface area contributed by atoms with Gasteiger partial charge in [-0.2, -0.15) is 5.10 Å². The summed E-state index contributed by atoms with van der Waals surface area (Å²) in [5.41, 5.74) is 2.75. The normalized spacial score (nSPS) is 11.2. The van der Waals surface area contributed by atoms with E-state index in [0.29, 0.717) is 17.9 Å². The van der Waals surface area contributed by atoms with Crippen LogP contribution in [0.4, 0.5) is 5.82 Å². The Hall–Kier alpha value is -3.81. The number of ether oxygens (including phenoxy) is 1. The minimum absolute atomic E-state index is 0.211. The Morgan fingerprint density at radius 2 is 1.87 bits per heavy atom. The van der Waals surface area contributed by atoms with Crippen LogP contribution in [0, 0.1) is 0 Å². The van der Waals surface area contributed by atoms with Crippen molar-refractivity contribution in [2.24, 2.45) is 12.0 Å². The maximum atomic E-state index is 12.9. The van der Waals surface area contributed by atoms with Crippen LogP contribution >= 0.6 is 0 Å². The summed E-state index contributed by atoms with van der Waals surface area (Å²) in [7, 11) is 1.74. The first-order valence-corrected chi connectivity index (χ1v) is 9.55. The van der Waals surface area contributed by atoms with Gasteiger partial charge in [-0.25, -0.2) is 0 Å². The number of hydrogen-bond donors (Lipinski definition) is 1. The van der Waals surface area contributed by atoms with Crippen molar-refractivity contribution in [3.05, 3.63) is 66.5 Å². The smallest absolute Gasteiger partial charge is 0.327 e. The Bertz CT molecular complexity index is 1030. The van der Waals surface area contributed by atoms with Gasteiger partial charge in [-0.05, 0) is 24.6 Å². The third-order valence-corrected chi connectivity index (χ3v) is 4.28. The second kappa shape index (κ2) is 10.1.